The van der Waals surface area contributed by atoms with Crippen LogP contribution in [0.2, 0.25) is 0 Å². The number of nitrogens with zero attached hydrogens (tertiary/aromatic N) is 2. The van der Waals surface area contributed by atoms with Crippen LogP contribution < -0.4 is 5.11 Å². The molecule has 0 aromatic carbocycles. The fourth-order valence-corrected chi connectivity index (χ4v) is 2.64. The van der Waals surface area contributed by atoms with Crippen molar-refractivity contribution in [3.05, 3.63) is 0 Å². The Balaban J connectivity index is 2.47. The molecule has 1 atom stereocenters. The minimum atomic E-state index is -0.733. The number of carbonyl (C=O) groups is 1. The Hall–Kier alpha value is -0.950. The molecule has 1 saturated heterocycles. The maximum Gasteiger partial charge on any atom is 0.245 e. The Morgan fingerprint density at radius 3 is 2.83 bits per heavy atom. The van der Waals surface area contributed by atoms with Crippen molar-refractivity contribution in [2.75, 3.05) is 24.8 Å². The third-order valence-corrected chi connectivity index (χ3v) is 3.33. The summed E-state index contributed by atoms with van der Waals surface area (Å²) in [6.45, 7) is 4.92. The van der Waals surface area contributed by atoms with Gasteiger partial charge in [-0.1, -0.05) is 20.8 Å². The van der Waals surface area contributed by atoms with Crippen LogP contribution in [0.3, 0.4) is 0 Å². The summed E-state index contributed by atoms with van der Waals surface area (Å²) >= 11 is 1.57. The summed E-state index contributed by atoms with van der Waals surface area (Å²) in [5.41, 5.74) is -0.610. The van der Waals surface area contributed by atoms with E-state index in [0.29, 0.717) is 11.6 Å². The average Bonchev–Trinajstić information content (AvgIpc) is 2.71. The van der Waals surface area contributed by atoms with Crippen LogP contribution in [0.4, 0.5) is 0 Å². The lowest BCUT2D eigenvalue weighted by molar-refractivity contribution is -0.260. The van der Waals surface area contributed by atoms with Gasteiger partial charge in [0.15, 0.2) is 0 Å². The maximum absolute atomic E-state index is 11.8. The highest BCUT2D eigenvalue weighted by Crippen LogP contribution is 2.20. The van der Waals surface area contributed by atoms with Crippen LogP contribution in [-0.4, -0.2) is 58.4 Å². The number of aliphatic hydroxyl groups is 1. The quantitative estimate of drug-likeness (QED) is 0.550. The summed E-state index contributed by atoms with van der Waals surface area (Å²) in [5.74, 6) is 0.993. The fraction of sp³-hybridized carbons (Fsp3) is 0.818. The molecule has 7 heteroatoms. The lowest BCUT2D eigenvalue weighted by atomic mass is 10.2. The van der Waals surface area contributed by atoms with Gasteiger partial charge < -0.3 is 19.8 Å². The zero-order chi connectivity index (χ0) is 13.8. The van der Waals surface area contributed by atoms with E-state index in [4.69, 9.17) is 9.84 Å². The van der Waals surface area contributed by atoms with Crippen molar-refractivity contribution in [3.63, 3.8) is 0 Å². The largest absolute Gasteiger partial charge is 0.595 e. The maximum atomic E-state index is 11.8. The van der Waals surface area contributed by atoms with Gasteiger partial charge in [0, 0.05) is 11.4 Å². The molecule has 0 unspecified atom stereocenters. The van der Waals surface area contributed by atoms with E-state index in [9.17, 15) is 9.90 Å². The molecule has 0 saturated carbocycles. The minimum absolute atomic E-state index is 0.0643. The first-order chi connectivity index (χ1) is 8.33. The van der Waals surface area contributed by atoms with E-state index in [0.717, 1.165) is 0 Å². The Morgan fingerprint density at radius 2 is 2.28 bits per heavy atom. The van der Waals surface area contributed by atoms with E-state index in [1.165, 1.54) is 0 Å². The highest BCUT2D eigenvalue weighted by Gasteiger charge is 2.28. The highest BCUT2D eigenvalue weighted by atomic mass is 32.2. The normalized spacial score (nSPS) is 21.2. The van der Waals surface area contributed by atoms with Gasteiger partial charge in [-0.2, -0.15) is 0 Å². The van der Waals surface area contributed by atoms with Crippen LogP contribution >= 0.6 is 11.8 Å². The van der Waals surface area contributed by atoms with Crippen molar-refractivity contribution < 1.29 is 19.7 Å². The number of carbonyl (C=O) groups excluding carboxylic acids is 1. The van der Waals surface area contributed by atoms with Gasteiger partial charge in [-0.15, -0.1) is 11.8 Å². The molecule has 104 valence electrons. The molecule has 0 radical (unpaired) electrons. The molecule has 0 aromatic rings. The fourth-order valence-electron chi connectivity index (χ4n) is 1.43. The Bertz CT molecular complexity index is 327. The zero-order valence-corrected chi connectivity index (χ0v) is 11.7. The Morgan fingerprint density at radius 1 is 1.61 bits per heavy atom. The number of hydrogen-bond acceptors (Lipinski definition) is 6. The molecule has 18 heavy (non-hydrogen) atoms. The van der Waals surface area contributed by atoms with Crippen molar-refractivity contribution in [2.45, 2.75) is 32.4 Å². The second-order valence-electron chi connectivity index (χ2n) is 5.00. The van der Waals surface area contributed by atoms with Crippen LogP contribution in [0.1, 0.15) is 20.8 Å². The third kappa shape index (κ3) is 4.73. The van der Waals surface area contributed by atoms with Crippen LogP contribution in [0.5, 0.6) is 0 Å². The minimum Gasteiger partial charge on any atom is -0.595 e. The molecular formula is C11H19N2O4S-. The van der Waals surface area contributed by atoms with E-state index >= 15 is 0 Å². The summed E-state index contributed by atoms with van der Waals surface area (Å²) in [5, 5.41) is 20.4. The van der Waals surface area contributed by atoms with Gasteiger partial charge in [-0.25, -0.2) is 0 Å². The predicted molar refractivity (Wildman–Crippen MR) is 68.2 cm³/mol. The van der Waals surface area contributed by atoms with E-state index < -0.39 is 11.7 Å². The summed E-state index contributed by atoms with van der Waals surface area (Å²) in [7, 11) is 0. The van der Waals surface area contributed by atoms with Crippen molar-refractivity contribution in [2.24, 2.45) is 4.99 Å². The van der Waals surface area contributed by atoms with E-state index in [-0.39, 0.29) is 25.1 Å². The van der Waals surface area contributed by atoms with Gasteiger partial charge in [0.2, 0.25) is 5.91 Å². The van der Waals surface area contributed by atoms with Crippen molar-refractivity contribution in [1.29, 1.82) is 0 Å². The number of hydrogen-bond donors (Lipinski definition) is 1. The monoisotopic (exact) mass is 275 g/mol. The van der Waals surface area contributed by atoms with E-state index in [1.807, 2.05) is 0 Å². The van der Waals surface area contributed by atoms with Crippen LogP contribution in [-0.2, 0) is 9.53 Å². The first kappa shape index (κ1) is 15.1. The molecule has 1 fully saturated rings. The molecule has 1 aliphatic rings. The zero-order valence-electron chi connectivity index (χ0n) is 10.9. The molecule has 1 heterocycles. The molecule has 0 bridgehead atoms. The summed E-state index contributed by atoms with van der Waals surface area (Å²) < 4.78 is 4.97. The van der Waals surface area contributed by atoms with Crippen LogP contribution in [0.15, 0.2) is 4.99 Å². The number of rotatable bonds is 3. The van der Waals surface area contributed by atoms with Gasteiger partial charge in [0.25, 0.3) is 0 Å². The second-order valence-corrected chi connectivity index (χ2v) is 6.00. The van der Waals surface area contributed by atoms with Crippen molar-refractivity contribution in [3.8, 4) is 0 Å². The molecule has 1 aliphatic heterocycles. The lowest BCUT2D eigenvalue weighted by Crippen LogP contribution is -2.40. The molecule has 0 spiro atoms. The molecule has 0 aliphatic carbocycles. The van der Waals surface area contributed by atoms with Gasteiger partial charge >= 0.3 is 0 Å². The Labute approximate surface area is 111 Å². The Kier molecular flexibility index (Phi) is 5.28. The molecule has 1 N–H and O–H groups in total. The number of aliphatic hydroxyl groups excluding tert-OH is 1. The smallest absolute Gasteiger partial charge is 0.245 e. The summed E-state index contributed by atoms with van der Waals surface area (Å²) in [4.78, 5) is 16.9. The summed E-state index contributed by atoms with van der Waals surface area (Å²) in [6.07, 6.45) is -0.733. The SMILES string of the molecule is CC(C)(C)OC([O-])=NCC(=O)N1CSC[C@@H]1CO. The van der Waals surface area contributed by atoms with E-state index in [2.05, 4.69) is 4.99 Å². The van der Waals surface area contributed by atoms with Crippen molar-refractivity contribution >= 4 is 23.8 Å². The van der Waals surface area contributed by atoms with Crippen LogP contribution in [0.25, 0.3) is 0 Å². The molecule has 0 aromatic heterocycles. The van der Waals surface area contributed by atoms with Crippen LogP contribution in [0, 0.1) is 0 Å². The number of thioether (sulfide) groups is 1. The van der Waals surface area contributed by atoms with Gasteiger partial charge in [-0.05, 0) is 0 Å². The first-order valence-corrected chi connectivity index (χ1v) is 6.87. The van der Waals surface area contributed by atoms with Crippen molar-refractivity contribution in [1.82, 2.24) is 4.90 Å². The first-order valence-electron chi connectivity index (χ1n) is 5.72. The molecular weight excluding hydrogens is 256 g/mol. The van der Waals surface area contributed by atoms with Gasteiger partial charge in [0.1, 0.15) is 12.6 Å². The van der Waals surface area contributed by atoms with E-state index in [1.54, 1.807) is 37.4 Å². The number of aliphatic imine (C=N–C) groups is 1. The third-order valence-electron chi connectivity index (χ3n) is 2.25. The van der Waals surface area contributed by atoms with Gasteiger partial charge in [0.05, 0.1) is 18.5 Å². The molecule has 6 nitrogen and oxygen atoms in total. The molecule has 1 rings (SSSR count). The van der Waals surface area contributed by atoms with Gasteiger partial charge in [-0.3, -0.25) is 9.79 Å². The molecule has 1 amide bonds. The number of ether oxygens (including phenoxy) is 1. The number of amides is 1. The highest BCUT2D eigenvalue weighted by molar-refractivity contribution is 7.99. The standard InChI is InChI=1S/C11H20N2O4S/c1-11(2,3)17-10(16)12-4-9(15)13-7-18-6-8(13)5-14/h8,14H,4-7H2,1-3H3,(H,12,16)/p-1/t8-/m0/s1. The predicted octanol–water partition coefficient (Wildman–Crippen LogP) is -0.588. The average molecular weight is 275 g/mol. The summed E-state index contributed by atoms with van der Waals surface area (Å²) in [6, 6.07) is -0.170. The lowest BCUT2D eigenvalue weighted by Gasteiger charge is -2.29. The topological polar surface area (TPSA) is 85.2 Å². The second kappa shape index (κ2) is 6.29.